The molecular formula is C12H8ClN3O4. The molecule has 0 saturated heterocycles. The second-order valence-corrected chi connectivity index (χ2v) is 4.16. The standard InChI is InChI=1S/C12H8ClN3O4/c13-7-2-1-6(12(19)20)3-8(7)16-11(18)9-4-15-10(17)5-14-9/h1-5H,(H,15,17)(H,16,18)(H,19,20). The number of aromatic nitrogens is 2. The highest BCUT2D eigenvalue weighted by molar-refractivity contribution is 6.34. The number of H-pyrrole nitrogens is 1. The van der Waals surface area contributed by atoms with Gasteiger partial charge in [-0.15, -0.1) is 0 Å². The zero-order valence-corrected chi connectivity index (χ0v) is 10.6. The van der Waals surface area contributed by atoms with Crippen molar-refractivity contribution in [2.75, 3.05) is 5.32 Å². The average Bonchev–Trinajstić information content (AvgIpc) is 2.41. The third-order valence-corrected chi connectivity index (χ3v) is 2.70. The molecule has 0 aliphatic carbocycles. The number of benzene rings is 1. The summed E-state index contributed by atoms with van der Waals surface area (Å²) < 4.78 is 0. The number of hydrogen-bond acceptors (Lipinski definition) is 4. The van der Waals surface area contributed by atoms with Crippen LogP contribution in [0.4, 0.5) is 5.69 Å². The van der Waals surface area contributed by atoms with Crippen LogP contribution in [0.2, 0.25) is 5.02 Å². The first-order valence-corrected chi connectivity index (χ1v) is 5.74. The van der Waals surface area contributed by atoms with Crippen LogP contribution in [0.3, 0.4) is 0 Å². The van der Waals surface area contributed by atoms with Gasteiger partial charge in [0.15, 0.2) is 0 Å². The van der Waals surface area contributed by atoms with Gasteiger partial charge in [-0.2, -0.15) is 0 Å². The van der Waals surface area contributed by atoms with Crippen LogP contribution in [0.1, 0.15) is 20.8 Å². The number of carboxylic acid groups (broad SMARTS) is 1. The van der Waals surface area contributed by atoms with E-state index in [0.29, 0.717) is 0 Å². The number of amides is 1. The summed E-state index contributed by atoms with van der Waals surface area (Å²) in [6, 6.07) is 3.91. The molecule has 20 heavy (non-hydrogen) atoms. The molecule has 1 aromatic carbocycles. The van der Waals surface area contributed by atoms with Gasteiger partial charge in [0, 0.05) is 6.20 Å². The lowest BCUT2D eigenvalue weighted by atomic mass is 10.2. The number of carbonyl (C=O) groups excluding carboxylic acids is 1. The quantitative estimate of drug-likeness (QED) is 0.791. The van der Waals surface area contributed by atoms with E-state index in [1.54, 1.807) is 0 Å². The molecule has 0 spiro atoms. The van der Waals surface area contributed by atoms with Crippen molar-refractivity contribution in [3.05, 3.63) is 57.2 Å². The molecule has 102 valence electrons. The molecular weight excluding hydrogens is 286 g/mol. The van der Waals surface area contributed by atoms with Gasteiger partial charge in [-0.1, -0.05) is 11.6 Å². The van der Waals surface area contributed by atoms with E-state index >= 15 is 0 Å². The minimum atomic E-state index is -1.14. The summed E-state index contributed by atoms with van der Waals surface area (Å²) in [6.07, 6.45) is 2.11. The van der Waals surface area contributed by atoms with Crippen LogP contribution in [0.25, 0.3) is 0 Å². The zero-order chi connectivity index (χ0) is 14.7. The lowest BCUT2D eigenvalue weighted by Crippen LogP contribution is -2.17. The SMILES string of the molecule is O=C(O)c1ccc(Cl)c(NC(=O)c2c[nH]c(=O)cn2)c1. The van der Waals surface area contributed by atoms with Gasteiger partial charge in [0.05, 0.1) is 22.5 Å². The van der Waals surface area contributed by atoms with Crippen molar-refractivity contribution in [3.8, 4) is 0 Å². The van der Waals surface area contributed by atoms with Gasteiger partial charge < -0.3 is 15.4 Å². The van der Waals surface area contributed by atoms with Gasteiger partial charge in [0.25, 0.3) is 11.5 Å². The van der Waals surface area contributed by atoms with E-state index in [4.69, 9.17) is 16.7 Å². The summed E-state index contributed by atoms with van der Waals surface area (Å²) in [5.74, 6) is -1.76. The second kappa shape index (κ2) is 5.54. The maximum Gasteiger partial charge on any atom is 0.335 e. The number of nitrogens with zero attached hydrogens (tertiary/aromatic N) is 1. The van der Waals surface area contributed by atoms with Crippen LogP contribution in [0.5, 0.6) is 0 Å². The number of rotatable bonds is 3. The fourth-order valence-electron chi connectivity index (χ4n) is 1.41. The summed E-state index contributed by atoms with van der Waals surface area (Å²) in [6.45, 7) is 0. The van der Waals surface area contributed by atoms with Crippen molar-refractivity contribution < 1.29 is 14.7 Å². The Kier molecular flexibility index (Phi) is 3.81. The predicted molar refractivity (Wildman–Crippen MR) is 71.2 cm³/mol. The Morgan fingerprint density at radius 3 is 2.70 bits per heavy atom. The Hall–Kier alpha value is -2.67. The number of halogens is 1. The first-order valence-electron chi connectivity index (χ1n) is 5.36. The maximum atomic E-state index is 11.9. The van der Waals surface area contributed by atoms with Crippen molar-refractivity contribution >= 4 is 29.2 Å². The van der Waals surface area contributed by atoms with Crippen molar-refractivity contribution in [2.24, 2.45) is 0 Å². The number of aromatic amines is 1. The number of nitrogens with one attached hydrogen (secondary N) is 2. The molecule has 0 bridgehead atoms. The van der Waals surface area contributed by atoms with E-state index in [1.165, 1.54) is 18.2 Å². The zero-order valence-electron chi connectivity index (χ0n) is 9.88. The number of anilines is 1. The molecule has 0 atom stereocenters. The van der Waals surface area contributed by atoms with Gasteiger partial charge in [-0.3, -0.25) is 9.59 Å². The summed E-state index contributed by atoms with van der Waals surface area (Å²) in [7, 11) is 0. The first-order chi connectivity index (χ1) is 9.47. The van der Waals surface area contributed by atoms with Crippen LogP contribution in [-0.2, 0) is 0 Å². The largest absolute Gasteiger partial charge is 0.478 e. The highest BCUT2D eigenvalue weighted by atomic mass is 35.5. The van der Waals surface area contributed by atoms with Gasteiger partial charge >= 0.3 is 5.97 Å². The van der Waals surface area contributed by atoms with Crippen LogP contribution in [0.15, 0.2) is 35.4 Å². The van der Waals surface area contributed by atoms with Crippen LogP contribution in [0, 0.1) is 0 Å². The van der Waals surface area contributed by atoms with E-state index in [9.17, 15) is 14.4 Å². The maximum absolute atomic E-state index is 11.9. The van der Waals surface area contributed by atoms with Gasteiger partial charge in [0.2, 0.25) is 0 Å². The molecule has 0 fully saturated rings. The Labute approximate surface area is 117 Å². The van der Waals surface area contributed by atoms with E-state index in [0.717, 1.165) is 12.4 Å². The minimum Gasteiger partial charge on any atom is -0.478 e. The average molecular weight is 294 g/mol. The summed E-state index contributed by atoms with van der Waals surface area (Å²) in [5.41, 5.74) is -0.336. The van der Waals surface area contributed by atoms with Gasteiger partial charge in [-0.25, -0.2) is 9.78 Å². The van der Waals surface area contributed by atoms with Crippen molar-refractivity contribution in [3.63, 3.8) is 0 Å². The highest BCUT2D eigenvalue weighted by Crippen LogP contribution is 2.23. The topological polar surface area (TPSA) is 112 Å². The molecule has 2 rings (SSSR count). The van der Waals surface area contributed by atoms with Crippen molar-refractivity contribution in [1.82, 2.24) is 9.97 Å². The Balaban J connectivity index is 2.27. The third kappa shape index (κ3) is 3.01. The third-order valence-electron chi connectivity index (χ3n) is 2.37. The Morgan fingerprint density at radius 1 is 1.35 bits per heavy atom. The lowest BCUT2D eigenvalue weighted by Gasteiger charge is -2.07. The van der Waals surface area contributed by atoms with Crippen molar-refractivity contribution in [1.29, 1.82) is 0 Å². The number of carbonyl (C=O) groups is 2. The molecule has 0 aliphatic rings. The summed E-state index contributed by atoms with van der Waals surface area (Å²) in [5, 5.41) is 11.5. The Morgan fingerprint density at radius 2 is 2.10 bits per heavy atom. The smallest absolute Gasteiger partial charge is 0.335 e. The first kappa shape index (κ1) is 13.8. The molecule has 3 N–H and O–H groups in total. The molecule has 0 aliphatic heterocycles. The summed E-state index contributed by atoms with van der Waals surface area (Å²) >= 11 is 5.87. The van der Waals surface area contributed by atoms with Crippen molar-refractivity contribution in [2.45, 2.75) is 0 Å². The monoisotopic (exact) mass is 293 g/mol. The molecule has 7 nitrogen and oxygen atoms in total. The van der Waals surface area contributed by atoms with E-state index < -0.39 is 17.4 Å². The number of hydrogen-bond donors (Lipinski definition) is 3. The van der Waals surface area contributed by atoms with E-state index in [2.05, 4.69) is 15.3 Å². The molecule has 1 heterocycles. The molecule has 0 radical (unpaired) electrons. The predicted octanol–water partition coefficient (Wildman–Crippen LogP) is 1.37. The molecule has 0 saturated carbocycles. The summed E-state index contributed by atoms with van der Waals surface area (Å²) in [4.78, 5) is 39.5. The normalized spacial score (nSPS) is 10.1. The number of aromatic carboxylic acids is 1. The van der Waals surface area contributed by atoms with Crippen LogP contribution in [-0.4, -0.2) is 27.0 Å². The fourth-order valence-corrected chi connectivity index (χ4v) is 1.57. The molecule has 2 aromatic rings. The molecule has 1 aromatic heterocycles. The molecule has 1 amide bonds. The van der Waals surface area contributed by atoms with Gasteiger partial charge in [-0.05, 0) is 18.2 Å². The van der Waals surface area contributed by atoms with E-state index in [-0.39, 0.29) is 22.0 Å². The minimum absolute atomic E-state index is 0.0147. The number of carboxylic acids is 1. The second-order valence-electron chi connectivity index (χ2n) is 3.75. The van der Waals surface area contributed by atoms with Gasteiger partial charge in [0.1, 0.15) is 5.69 Å². The fraction of sp³-hybridized carbons (Fsp3) is 0. The highest BCUT2D eigenvalue weighted by Gasteiger charge is 2.12. The van der Waals surface area contributed by atoms with E-state index in [1.807, 2.05) is 0 Å². The Bertz CT molecular complexity index is 721. The van der Waals surface area contributed by atoms with Crippen LogP contribution >= 0.6 is 11.6 Å². The van der Waals surface area contributed by atoms with Crippen LogP contribution < -0.4 is 10.9 Å². The lowest BCUT2D eigenvalue weighted by molar-refractivity contribution is 0.0696. The molecule has 8 heteroatoms. The molecule has 0 unspecified atom stereocenters.